The fourth-order valence-electron chi connectivity index (χ4n) is 3.53. The second-order valence-electron chi connectivity index (χ2n) is 7.83. The number of hydrogen-bond acceptors (Lipinski definition) is 6. The first-order valence-corrected chi connectivity index (χ1v) is 11.4. The predicted octanol–water partition coefficient (Wildman–Crippen LogP) is 3.54. The van der Waals surface area contributed by atoms with Crippen LogP contribution in [0.3, 0.4) is 0 Å². The van der Waals surface area contributed by atoms with Gasteiger partial charge in [0.2, 0.25) is 11.1 Å². The van der Waals surface area contributed by atoms with Crippen LogP contribution < -0.4 is 9.47 Å². The molecule has 1 aromatic heterocycles. The van der Waals surface area contributed by atoms with Gasteiger partial charge in [0, 0.05) is 13.0 Å². The van der Waals surface area contributed by atoms with Crippen LogP contribution >= 0.6 is 11.8 Å². The Hall–Kier alpha value is -3.00. The maximum absolute atomic E-state index is 12.7. The molecule has 2 aliphatic rings. The number of likely N-dealkylation sites (N-methyl/N-ethyl adjacent to an activating group) is 1. The lowest BCUT2D eigenvalue weighted by Gasteiger charge is -2.29. The third kappa shape index (κ3) is 4.54. The minimum Gasteiger partial charge on any atom is -0.486 e. The normalized spacial score (nSPS) is 17.4. The molecular formula is C23H24N4O3S. The second-order valence-corrected chi connectivity index (χ2v) is 8.78. The monoisotopic (exact) mass is 436 g/mol. The first-order valence-electron chi connectivity index (χ1n) is 10.4. The highest BCUT2D eigenvalue weighted by molar-refractivity contribution is 7.99. The van der Waals surface area contributed by atoms with E-state index in [1.807, 2.05) is 59.3 Å². The standard InChI is InChI=1S/C23H24N4O3S/c1-26(13-18-14-29-19-9-5-6-10-20(19)30-18)21(28)15-31-23-24-22(16-11-12-16)27(25-23)17-7-3-2-4-8-17/h2-10,16,18H,11-15H2,1H3. The molecule has 0 radical (unpaired) electrons. The Labute approximate surface area is 185 Å². The topological polar surface area (TPSA) is 69.5 Å². The molecule has 0 spiro atoms. The maximum Gasteiger partial charge on any atom is 0.232 e. The van der Waals surface area contributed by atoms with Crippen molar-refractivity contribution in [3.8, 4) is 17.2 Å². The van der Waals surface area contributed by atoms with Crippen molar-refractivity contribution in [2.75, 3.05) is 26.0 Å². The highest BCUT2D eigenvalue weighted by Crippen LogP contribution is 2.40. The van der Waals surface area contributed by atoms with Crippen molar-refractivity contribution in [3.63, 3.8) is 0 Å². The zero-order valence-corrected chi connectivity index (χ0v) is 18.1. The van der Waals surface area contributed by atoms with Gasteiger partial charge in [-0.25, -0.2) is 9.67 Å². The average Bonchev–Trinajstić information content (AvgIpc) is 3.57. The minimum absolute atomic E-state index is 0.0106. The summed E-state index contributed by atoms with van der Waals surface area (Å²) >= 11 is 1.38. The average molecular weight is 437 g/mol. The zero-order valence-electron chi connectivity index (χ0n) is 17.3. The summed E-state index contributed by atoms with van der Waals surface area (Å²) in [6.07, 6.45) is 2.10. The lowest BCUT2D eigenvalue weighted by molar-refractivity contribution is -0.128. The number of hydrogen-bond donors (Lipinski definition) is 0. The van der Waals surface area contributed by atoms with Gasteiger partial charge in [0.05, 0.1) is 18.0 Å². The minimum atomic E-state index is -0.189. The van der Waals surface area contributed by atoms with Gasteiger partial charge in [-0.15, -0.1) is 5.10 Å². The molecule has 160 valence electrons. The third-order valence-electron chi connectivity index (χ3n) is 5.35. The van der Waals surface area contributed by atoms with Crippen LogP contribution in [0.5, 0.6) is 11.5 Å². The highest BCUT2D eigenvalue weighted by atomic mass is 32.2. The molecule has 1 amide bonds. The smallest absolute Gasteiger partial charge is 0.232 e. The Balaban J connectivity index is 1.19. The van der Waals surface area contributed by atoms with Gasteiger partial charge in [0.1, 0.15) is 12.4 Å². The Morgan fingerprint density at radius 3 is 2.65 bits per heavy atom. The van der Waals surface area contributed by atoms with Gasteiger partial charge in [-0.1, -0.05) is 42.1 Å². The van der Waals surface area contributed by atoms with Crippen LogP contribution in [0.15, 0.2) is 59.8 Å². The number of para-hydroxylation sites is 3. The number of thioether (sulfide) groups is 1. The number of ether oxygens (including phenoxy) is 2. The van der Waals surface area contributed by atoms with Crippen molar-refractivity contribution in [2.45, 2.75) is 30.0 Å². The van der Waals surface area contributed by atoms with Crippen molar-refractivity contribution in [1.82, 2.24) is 19.7 Å². The number of amides is 1. The van der Waals surface area contributed by atoms with Crippen LogP contribution in [0.1, 0.15) is 24.6 Å². The van der Waals surface area contributed by atoms with Crippen molar-refractivity contribution in [2.24, 2.45) is 0 Å². The van der Waals surface area contributed by atoms with Crippen LogP contribution in [0.2, 0.25) is 0 Å². The van der Waals surface area contributed by atoms with Crippen molar-refractivity contribution in [1.29, 1.82) is 0 Å². The third-order valence-corrected chi connectivity index (χ3v) is 6.17. The van der Waals surface area contributed by atoms with Gasteiger partial charge in [0.15, 0.2) is 17.6 Å². The number of benzene rings is 2. The fraction of sp³-hybridized carbons (Fsp3) is 0.348. The molecule has 1 fully saturated rings. The van der Waals surface area contributed by atoms with Gasteiger partial charge in [-0.3, -0.25) is 4.79 Å². The Morgan fingerprint density at radius 1 is 1.13 bits per heavy atom. The molecule has 7 nitrogen and oxygen atoms in total. The Kier molecular flexibility index (Phi) is 5.55. The van der Waals surface area contributed by atoms with Gasteiger partial charge in [-0.05, 0) is 37.1 Å². The second kappa shape index (κ2) is 8.63. The Morgan fingerprint density at radius 2 is 1.87 bits per heavy atom. The molecule has 2 aromatic carbocycles. The predicted molar refractivity (Wildman–Crippen MR) is 118 cm³/mol. The van der Waals surface area contributed by atoms with Crippen molar-refractivity contribution < 1.29 is 14.3 Å². The molecule has 1 aliphatic heterocycles. The summed E-state index contributed by atoms with van der Waals surface area (Å²) in [6, 6.07) is 17.6. The number of carbonyl (C=O) groups is 1. The largest absolute Gasteiger partial charge is 0.486 e. The number of fused-ring (bicyclic) bond motifs is 1. The zero-order chi connectivity index (χ0) is 21.2. The van der Waals surface area contributed by atoms with E-state index >= 15 is 0 Å². The molecule has 1 aliphatic carbocycles. The molecule has 0 saturated heterocycles. The highest BCUT2D eigenvalue weighted by Gasteiger charge is 2.31. The number of carbonyl (C=O) groups excluding carboxylic acids is 1. The molecular weight excluding hydrogens is 412 g/mol. The molecule has 8 heteroatoms. The van der Waals surface area contributed by atoms with Crippen LogP contribution in [0, 0.1) is 0 Å². The van der Waals surface area contributed by atoms with Gasteiger partial charge >= 0.3 is 0 Å². The summed E-state index contributed by atoms with van der Waals surface area (Å²) < 4.78 is 13.6. The van der Waals surface area contributed by atoms with Crippen molar-refractivity contribution >= 4 is 17.7 Å². The molecule has 1 unspecified atom stereocenters. The number of nitrogens with zero attached hydrogens (tertiary/aromatic N) is 4. The molecule has 1 saturated carbocycles. The SMILES string of the molecule is CN(CC1COc2ccccc2O1)C(=O)CSc1nc(C2CC2)n(-c2ccccc2)n1. The molecule has 0 bridgehead atoms. The number of rotatable bonds is 7. The van der Waals surface area contributed by atoms with E-state index in [0.717, 1.165) is 35.9 Å². The van der Waals surface area contributed by atoms with E-state index in [4.69, 9.17) is 14.5 Å². The van der Waals surface area contributed by atoms with E-state index in [0.29, 0.717) is 24.2 Å². The van der Waals surface area contributed by atoms with Crippen molar-refractivity contribution in [3.05, 3.63) is 60.4 Å². The van der Waals surface area contributed by atoms with Crippen LogP contribution in [0.4, 0.5) is 0 Å². The summed E-state index contributed by atoms with van der Waals surface area (Å²) in [4.78, 5) is 19.1. The molecule has 3 aromatic rings. The van der Waals surface area contributed by atoms with E-state index in [1.54, 1.807) is 11.9 Å². The maximum atomic E-state index is 12.7. The molecule has 31 heavy (non-hydrogen) atoms. The van der Waals surface area contributed by atoms with E-state index in [9.17, 15) is 4.79 Å². The van der Waals surface area contributed by atoms with Gasteiger partial charge in [0.25, 0.3) is 0 Å². The molecule has 2 heterocycles. The lowest BCUT2D eigenvalue weighted by atomic mass is 10.2. The summed E-state index contributed by atoms with van der Waals surface area (Å²) in [5.41, 5.74) is 1.00. The Bertz CT molecular complexity index is 1070. The summed E-state index contributed by atoms with van der Waals surface area (Å²) in [5, 5.41) is 5.30. The molecule has 5 rings (SSSR count). The molecule has 1 atom stereocenters. The van der Waals surface area contributed by atoms with E-state index in [1.165, 1.54) is 11.8 Å². The van der Waals surface area contributed by atoms with Crippen LogP contribution in [0.25, 0.3) is 5.69 Å². The molecule has 0 N–H and O–H groups in total. The first kappa shape index (κ1) is 19.9. The van der Waals surface area contributed by atoms with Crippen LogP contribution in [-0.2, 0) is 4.79 Å². The lowest BCUT2D eigenvalue weighted by Crippen LogP contribution is -2.42. The van der Waals surface area contributed by atoms with E-state index in [2.05, 4.69) is 5.10 Å². The first-order chi connectivity index (χ1) is 15.2. The van der Waals surface area contributed by atoms with Gasteiger partial charge in [-0.2, -0.15) is 0 Å². The quantitative estimate of drug-likeness (QED) is 0.528. The van der Waals surface area contributed by atoms with Crippen LogP contribution in [-0.4, -0.2) is 57.6 Å². The summed E-state index contributed by atoms with van der Waals surface area (Å²) in [5.74, 6) is 3.21. The summed E-state index contributed by atoms with van der Waals surface area (Å²) in [7, 11) is 1.79. The number of aromatic nitrogens is 3. The van der Waals surface area contributed by atoms with E-state index in [-0.39, 0.29) is 17.8 Å². The van der Waals surface area contributed by atoms with E-state index < -0.39 is 0 Å². The van der Waals surface area contributed by atoms with Gasteiger partial charge < -0.3 is 14.4 Å². The summed E-state index contributed by atoms with van der Waals surface area (Å²) in [6.45, 7) is 0.891. The fourth-order valence-corrected chi connectivity index (χ4v) is 4.30.